The van der Waals surface area contributed by atoms with Crippen LogP contribution in [0, 0.1) is 0 Å². The second kappa shape index (κ2) is 6.67. The van der Waals surface area contributed by atoms with Crippen molar-refractivity contribution in [2.45, 2.75) is 57.5 Å². The van der Waals surface area contributed by atoms with Crippen molar-refractivity contribution >= 4 is 6.09 Å². The minimum atomic E-state index is -0.289. The zero-order valence-electron chi connectivity index (χ0n) is 9.50. The molecule has 1 fully saturated rings. The van der Waals surface area contributed by atoms with E-state index in [1.54, 1.807) is 0 Å². The number of hydrogen-bond acceptors (Lipinski definition) is 3. The predicted octanol–water partition coefficient (Wildman–Crippen LogP) is 1.78. The molecule has 0 spiro atoms. The SMILES string of the molecule is CCCCOC(=O)N[C@@H]1CCC[C@H](N)C1. The molecule has 1 amide bonds. The maximum absolute atomic E-state index is 11.3. The van der Waals surface area contributed by atoms with Gasteiger partial charge in [0.1, 0.15) is 0 Å². The fourth-order valence-electron chi connectivity index (χ4n) is 1.88. The molecule has 1 rings (SSSR count). The Morgan fingerprint density at radius 3 is 3.00 bits per heavy atom. The van der Waals surface area contributed by atoms with Crippen LogP contribution in [-0.4, -0.2) is 24.8 Å². The summed E-state index contributed by atoms with van der Waals surface area (Å²) in [5.41, 5.74) is 5.83. The Morgan fingerprint density at radius 2 is 2.33 bits per heavy atom. The number of carbonyl (C=O) groups is 1. The van der Waals surface area contributed by atoms with E-state index in [0.717, 1.165) is 38.5 Å². The second-order valence-electron chi connectivity index (χ2n) is 4.26. The molecule has 0 unspecified atom stereocenters. The van der Waals surface area contributed by atoms with Crippen LogP contribution in [-0.2, 0) is 4.74 Å². The van der Waals surface area contributed by atoms with Crippen molar-refractivity contribution in [2.75, 3.05) is 6.61 Å². The van der Waals surface area contributed by atoms with Crippen LogP contribution < -0.4 is 11.1 Å². The van der Waals surface area contributed by atoms with Crippen molar-refractivity contribution in [3.63, 3.8) is 0 Å². The van der Waals surface area contributed by atoms with Crippen molar-refractivity contribution in [3.8, 4) is 0 Å². The van der Waals surface area contributed by atoms with Crippen molar-refractivity contribution in [1.82, 2.24) is 5.32 Å². The summed E-state index contributed by atoms with van der Waals surface area (Å²) in [6.07, 6.45) is 5.76. The van der Waals surface area contributed by atoms with Gasteiger partial charge in [-0.2, -0.15) is 0 Å². The first kappa shape index (κ1) is 12.3. The van der Waals surface area contributed by atoms with E-state index in [9.17, 15) is 4.79 Å². The molecule has 15 heavy (non-hydrogen) atoms. The van der Waals surface area contributed by atoms with Gasteiger partial charge in [-0.05, 0) is 32.1 Å². The summed E-state index contributed by atoms with van der Waals surface area (Å²) in [6.45, 7) is 2.59. The van der Waals surface area contributed by atoms with Crippen LogP contribution in [0.3, 0.4) is 0 Å². The normalized spacial score (nSPS) is 26.0. The van der Waals surface area contributed by atoms with Gasteiger partial charge >= 0.3 is 6.09 Å². The molecule has 4 nitrogen and oxygen atoms in total. The molecule has 0 aromatic rings. The minimum absolute atomic E-state index is 0.211. The summed E-state index contributed by atoms with van der Waals surface area (Å²) in [6, 6.07) is 0.447. The van der Waals surface area contributed by atoms with Gasteiger partial charge in [-0.1, -0.05) is 13.3 Å². The molecule has 2 atom stereocenters. The number of nitrogens with two attached hydrogens (primary N) is 1. The third-order valence-electron chi connectivity index (χ3n) is 2.77. The standard InChI is InChI=1S/C11H22N2O2/c1-2-3-7-15-11(14)13-10-6-4-5-9(12)8-10/h9-10H,2-8,12H2,1H3,(H,13,14)/t9-,10+/m0/s1. The van der Waals surface area contributed by atoms with Crippen LogP contribution in [0.4, 0.5) is 4.79 Å². The molecule has 88 valence electrons. The fourth-order valence-corrected chi connectivity index (χ4v) is 1.88. The highest BCUT2D eigenvalue weighted by atomic mass is 16.5. The molecule has 0 aromatic carbocycles. The lowest BCUT2D eigenvalue weighted by Crippen LogP contribution is -2.42. The van der Waals surface area contributed by atoms with E-state index in [4.69, 9.17) is 10.5 Å². The van der Waals surface area contributed by atoms with E-state index < -0.39 is 0 Å². The summed E-state index contributed by atoms with van der Waals surface area (Å²) < 4.78 is 5.03. The fraction of sp³-hybridized carbons (Fsp3) is 0.909. The average molecular weight is 214 g/mol. The summed E-state index contributed by atoms with van der Waals surface area (Å²) in [5, 5.41) is 2.87. The van der Waals surface area contributed by atoms with Crippen molar-refractivity contribution in [1.29, 1.82) is 0 Å². The van der Waals surface area contributed by atoms with Crippen LogP contribution >= 0.6 is 0 Å². The van der Waals surface area contributed by atoms with Gasteiger partial charge < -0.3 is 15.8 Å². The third-order valence-corrected chi connectivity index (χ3v) is 2.77. The number of nitrogens with one attached hydrogen (secondary N) is 1. The lowest BCUT2D eigenvalue weighted by Gasteiger charge is -2.26. The van der Waals surface area contributed by atoms with Crippen LogP contribution in [0.1, 0.15) is 45.4 Å². The Bertz CT molecular complexity index is 197. The Morgan fingerprint density at radius 1 is 1.53 bits per heavy atom. The topological polar surface area (TPSA) is 64.3 Å². The lowest BCUT2D eigenvalue weighted by atomic mass is 9.92. The summed E-state index contributed by atoms with van der Waals surface area (Å²) in [5.74, 6) is 0. The molecule has 1 saturated carbocycles. The maximum Gasteiger partial charge on any atom is 0.407 e. The average Bonchev–Trinajstić information content (AvgIpc) is 2.18. The number of unbranched alkanes of at least 4 members (excludes halogenated alkanes) is 1. The number of amides is 1. The molecule has 0 saturated heterocycles. The van der Waals surface area contributed by atoms with Gasteiger partial charge in [0.15, 0.2) is 0 Å². The number of ether oxygens (including phenoxy) is 1. The van der Waals surface area contributed by atoms with E-state index in [1.165, 1.54) is 0 Å². The molecule has 1 aliphatic carbocycles. The zero-order valence-corrected chi connectivity index (χ0v) is 9.50. The first-order chi connectivity index (χ1) is 7.22. The summed E-state index contributed by atoms with van der Waals surface area (Å²) >= 11 is 0. The maximum atomic E-state index is 11.3. The molecule has 0 aromatic heterocycles. The van der Waals surface area contributed by atoms with Gasteiger partial charge in [-0.3, -0.25) is 0 Å². The van der Waals surface area contributed by atoms with Crippen molar-refractivity contribution < 1.29 is 9.53 Å². The first-order valence-corrected chi connectivity index (χ1v) is 5.91. The highest BCUT2D eigenvalue weighted by Gasteiger charge is 2.20. The van der Waals surface area contributed by atoms with Crippen LogP contribution in [0.5, 0.6) is 0 Å². The van der Waals surface area contributed by atoms with Crippen LogP contribution in [0.25, 0.3) is 0 Å². The zero-order chi connectivity index (χ0) is 11.1. The van der Waals surface area contributed by atoms with Crippen LogP contribution in [0.15, 0.2) is 0 Å². The van der Waals surface area contributed by atoms with E-state index in [1.807, 2.05) is 0 Å². The summed E-state index contributed by atoms with van der Waals surface area (Å²) in [7, 11) is 0. The van der Waals surface area contributed by atoms with Gasteiger partial charge in [-0.15, -0.1) is 0 Å². The van der Waals surface area contributed by atoms with Gasteiger partial charge in [0.2, 0.25) is 0 Å². The van der Waals surface area contributed by atoms with E-state index >= 15 is 0 Å². The molecular weight excluding hydrogens is 192 g/mol. The van der Waals surface area contributed by atoms with E-state index in [2.05, 4.69) is 12.2 Å². The Hall–Kier alpha value is -0.770. The van der Waals surface area contributed by atoms with Gasteiger partial charge in [-0.25, -0.2) is 4.79 Å². The minimum Gasteiger partial charge on any atom is -0.450 e. The number of carbonyl (C=O) groups excluding carboxylic acids is 1. The Kier molecular flexibility index (Phi) is 5.47. The smallest absolute Gasteiger partial charge is 0.407 e. The highest BCUT2D eigenvalue weighted by molar-refractivity contribution is 5.67. The van der Waals surface area contributed by atoms with Crippen molar-refractivity contribution in [2.24, 2.45) is 5.73 Å². The molecule has 0 radical (unpaired) electrons. The van der Waals surface area contributed by atoms with E-state index in [0.29, 0.717) is 6.61 Å². The number of alkyl carbamates (subject to hydrolysis) is 1. The summed E-state index contributed by atoms with van der Waals surface area (Å²) in [4.78, 5) is 11.3. The highest BCUT2D eigenvalue weighted by Crippen LogP contribution is 2.16. The number of rotatable bonds is 4. The van der Waals surface area contributed by atoms with Gasteiger partial charge in [0, 0.05) is 12.1 Å². The van der Waals surface area contributed by atoms with Gasteiger partial charge in [0.05, 0.1) is 6.61 Å². The van der Waals surface area contributed by atoms with Crippen molar-refractivity contribution in [3.05, 3.63) is 0 Å². The first-order valence-electron chi connectivity index (χ1n) is 5.91. The number of hydrogen-bond donors (Lipinski definition) is 2. The quantitative estimate of drug-likeness (QED) is 0.701. The largest absolute Gasteiger partial charge is 0.450 e. The molecular formula is C11H22N2O2. The Balaban J connectivity index is 2.13. The molecule has 0 heterocycles. The Labute approximate surface area is 91.5 Å². The predicted molar refractivity (Wildman–Crippen MR) is 59.6 cm³/mol. The monoisotopic (exact) mass is 214 g/mol. The van der Waals surface area contributed by atoms with Gasteiger partial charge in [0.25, 0.3) is 0 Å². The second-order valence-corrected chi connectivity index (χ2v) is 4.26. The molecule has 3 N–H and O–H groups in total. The van der Waals surface area contributed by atoms with E-state index in [-0.39, 0.29) is 18.2 Å². The molecule has 0 bridgehead atoms. The molecule has 0 aliphatic heterocycles. The molecule has 4 heteroatoms. The molecule has 1 aliphatic rings. The lowest BCUT2D eigenvalue weighted by molar-refractivity contribution is 0.137. The third kappa shape index (κ3) is 5.02. The van der Waals surface area contributed by atoms with Crippen LogP contribution in [0.2, 0.25) is 0 Å².